The predicted octanol–water partition coefficient (Wildman–Crippen LogP) is -1.37. The van der Waals surface area contributed by atoms with Gasteiger partial charge in [-0.2, -0.15) is 13.5 Å². The van der Waals surface area contributed by atoms with E-state index in [1.165, 1.54) is 0 Å². The smallest absolute Gasteiger partial charge is 0.326 e. The molecule has 0 bridgehead atoms. The summed E-state index contributed by atoms with van der Waals surface area (Å²) in [4.78, 5) is 30.0. The fraction of sp³-hybridized carbons (Fsp3) is 0.800. The summed E-state index contributed by atoms with van der Waals surface area (Å²) in [6.07, 6.45) is 0.0997. The van der Waals surface area contributed by atoms with Gasteiger partial charge in [-0.25, -0.2) is 10.3 Å². The largest absolute Gasteiger partial charge is 0.418 e. The number of nitrogens with one attached hydrogen (secondary N) is 1. The summed E-state index contributed by atoms with van der Waals surface area (Å²) in [6.45, 7) is 3.36. The molecule has 0 radical (unpaired) electrons. The van der Waals surface area contributed by atoms with Crippen molar-refractivity contribution in [2.75, 3.05) is 19.7 Å². The second kappa shape index (κ2) is 7.69. The van der Waals surface area contributed by atoms with E-state index in [0.29, 0.717) is 5.06 Å². The fourth-order valence-electron chi connectivity index (χ4n) is 1.89. The molecule has 0 aromatic heterocycles. The minimum atomic E-state index is -4.81. The number of hydrogen-bond donors (Lipinski definition) is 3. The number of amides is 3. The van der Waals surface area contributed by atoms with E-state index in [9.17, 15) is 18.0 Å². The minimum Gasteiger partial charge on any atom is -0.326 e. The number of carbonyl (C=O) groups is 2. The van der Waals surface area contributed by atoms with Crippen molar-refractivity contribution in [1.29, 1.82) is 0 Å². The van der Waals surface area contributed by atoms with E-state index < -0.39 is 28.4 Å². The number of likely N-dealkylation sites (N-methyl/N-ethyl adjacent to an activating group) is 1. The molecule has 4 N–H and O–H groups in total. The fourth-order valence-corrected chi connectivity index (χ4v) is 2.26. The van der Waals surface area contributed by atoms with Crippen LogP contribution in [0.2, 0.25) is 0 Å². The van der Waals surface area contributed by atoms with Crippen LogP contribution < -0.4 is 11.2 Å². The monoisotopic (exact) mass is 340 g/mol. The van der Waals surface area contributed by atoms with Gasteiger partial charge in [0.2, 0.25) is 0 Å². The van der Waals surface area contributed by atoms with Crippen LogP contribution in [0.15, 0.2) is 0 Å². The van der Waals surface area contributed by atoms with Crippen LogP contribution in [0.4, 0.5) is 4.79 Å². The number of urea groups is 1. The Morgan fingerprint density at radius 3 is 2.73 bits per heavy atom. The van der Waals surface area contributed by atoms with Gasteiger partial charge < -0.3 is 10.6 Å². The molecule has 1 heterocycles. The van der Waals surface area contributed by atoms with Crippen molar-refractivity contribution in [3.05, 3.63) is 0 Å². The molecule has 1 fully saturated rings. The van der Waals surface area contributed by atoms with Gasteiger partial charge in [0.15, 0.2) is 0 Å². The highest BCUT2D eigenvalue weighted by molar-refractivity contribution is 7.80. The van der Waals surface area contributed by atoms with Gasteiger partial charge >= 0.3 is 16.4 Å². The summed E-state index contributed by atoms with van der Waals surface area (Å²) in [5.74, 6) is -0.553. The molecular weight excluding hydrogens is 320 g/mol. The first-order valence-corrected chi connectivity index (χ1v) is 7.94. The lowest BCUT2D eigenvalue weighted by atomic mass is 10.1. The molecule has 0 aromatic carbocycles. The van der Waals surface area contributed by atoms with Crippen LogP contribution in [0.5, 0.6) is 0 Å². The summed E-state index contributed by atoms with van der Waals surface area (Å²) >= 11 is 0. The van der Waals surface area contributed by atoms with Gasteiger partial charge in [0.1, 0.15) is 6.04 Å². The Labute approximate surface area is 128 Å². The zero-order valence-corrected chi connectivity index (χ0v) is 13.1. The van der Waals surface area contributed by atoms with Crippen LogP contribution in [-0.4, -0.2) is 66.7 Å². The van der Waals surface area contributed by atoms with Gasteiger partial charge in [-0.1, -0.05) is 0 Å². The van der Waals surface area contributed by atoms with Gasteiger partial charge in [-0.15, -0.1) is 4.28 Å². The third-order valence-electron chi connectivity index (χ3n) is 2.79. The maximum atomic E-state index is 12.0. The van der Waals surface area contributed by atoms with Crippen LogP contribution in [0.25, 0.3) is 0 Å². The summed E-state index contributed by atoms with van der Waals surface area (Å²) in [6, 6.07) is -1.96. The molecule has 1 aliphatic rings. The quantitative estimate of drug-likeness (QED) is 0.379. The van der Waals surface area contributed by atoms with Crippen LogP contribution in [0.3, 0.4) is 0 Å². The van der Waals surface area contributed by atoms with Gasteiger partial charge in [0, 0.05) is 12.6 Å². The van der Waals surface area contributed by atoms with E-state index in [1.54, 1.807) is 13.8 Å². The molecule has 22 heavy (non-hydrogen) atoms. The third-order valence-corrected chi connectivity index (χ3v) is 3.16. The summed E-state index contributed by atoms with van der Waals surface area (Å²) in [5, 5.41) is 0.478. The highest BCUT2D eigenvalue weighted by Crippen LogP contribution is 2.17. The van der Waals surface area contributed by atoms with Crippen molar-refractivity contribution in [3.63, 3.8) is 0 Å². The second-order valence-electron chi connectivity index (χ2n) is 4.73. The lowest BCUT2D eigenvalue weighted by Gasteiger charge is -2.38. The van der Waals surface area contributed by atoms with Crippen molar-refractivity contribution in [1.82, 2.24) is 15.4 Å². The molecule has 1 saturated heterocycles. The highest BCUT2D eigenvalue weighted by Gasteiger charge is 2.39. The molecule has 128 valence electrons. The number of nitrogens with two attached hydrogens (primary N) is 1. The molecule has 12 heteroatoms. The Morgan fingerprint density at radius 2 is 2.23 bits per heavy atom. The maximum Gasteiger partial charge on any atom is 0.418 e. The molecule has 11 nitrogen and oxygen atoms in total. The van der Waals surface area contributed by atoms with Crippen LogP contribution in [-0.2, 0) is 24.3 Å². The Bertz CT molecular complexity index is 509. The van der Waals surface area contributed by atoms with Gasteiger partial charge in [0.25, 0.3) is 5.91 Å². The number of rotatable bonds is 7. The summed E-state index contributed by atoms with van der Waals surface area (Å²) in [5.41, 5.74) is 7.66. The first-order chi connectivity index (χ1) is 10.2. The molecule has 2 atom stereocenters. The van der Waals surface area contributed by atoms with E-state index in [0.717, 1.165) is 4.90 Å². The van der Waals surface area contributed by atoms with Gasteiger partial charge in [0.05, 0.1) is 13.2 Å². The molecule has 3 amide bonds. The molecular formula is C10H20N4O7S. The standard InChI is InChI=1S/C10H20N4O7S/c1-3-13-8(9(15)12-20-6-7(2)11)4-5-14(10(13)16)21-22(17,18)19/h7-8H,3-6,11H2,1-2H3,(H,12,15)(H,17,18,19)/t7-,8+/m1/s1. The van der Waals surface area contributed by atoms with E-state index in [2.05, 4.69) is 9.76 Å². The second-order valence-corrected chi connectivity index (χ2v) is 5.74. The van der Waals surface area contributed by atoms with E-state index in [-0.39, 0.29) is 32.2 Å². The van der Waals surface area contributed by atoms with Crippen molar-refractivity contribution in [2.45, 2.75) is 32.4 Å². The predicted molar refractivity (Wildman–Crippen MR) is 73.3 cm³/mol. The van der Waals surface area contributed by atoms with Crippen molar-refractivity contribution < 1.29 is 31.7 Å². The molecule has 0 saturated carbocycles. The first-order valence-electron chi connectivity index (χ1n) is 6.58. The lowest BCUT2D eigenvalue weighted by molar-refractivity contribution is -0.142. The Balaban J connectivity index is 2.68. The average Bonchev–Trinajstić information content (AvgIpc) is 2.38. The average molecular weight is 340 g/mol. The molecule has 0 unspecified atom stereocenters. The first kappa shape index (κ1) is 18.6. The molecule has 0 spiro atoms. The minimum absolute atomic E-state index is 0.0997. The Morgan fingerprint density at radius 1 is 1.59 bits per heavy atom. The zero-order valence-electron chi connectivity index (χ0n) is 12.3. The topological polar surface area (TPSA) is 152 Å². The molecule has 1 aliphatic heterocycles. The van der Waals surface area contributed by atoms with Crippen LogP contribution in [0.1, 0.15) is 20.3 Å². The van der Waals surface area contributed by atoms with Crippen LogP contribution >= 0.6 is 0 Å². The Kier molecular flexibility index (Phi) is 6.49. The van der Waals surface area contributed by atoms with Gasteiger partial charge in [-0.3, -0.25) is 14.2 Å². The lowest BCUT2D eigenvalue weighted by Crippen LogP contribution is -2.59. The third kappa shape index (κ3) is 5.38. The maximum absolute atomic E-state index is 12.0. The van der Waals surface area contributed by atoms with Crippen LogP contribution in [0, 0.1) is 0 Å². The number of nitrogens with zero attached hydrogens (tertiary/aromatic N) is 2. The van der Waals surface area contributed by atoms with Crippen molar-refractivity contribution in [2.24, 2.45) is 5.73 Å². The van der Waals surface area contributed by atoms with Crippen molar-refractivity contribution in [3.8, 4) is 0 Å². The number of hydroxylamine groups is 3. The van der Waals surface area contributed by atoms with E-state index >= 15 is 0 Å². The number of carbonyl (C=O) groups excluding carboxylic acids is 2. The van der Waals surface area contributed by atoms with Gasteiger partial charge in [-0.05, 0) is 20.3 Å². The summed E-state index contributed by atoms with van der Waals surface area (Å²) < 4.78 is 34.1. The molecule has 1 rings (SSSR count). The van der Waals surface area contributed by atoms with Crippen molar-refractivity contribution >= 4 is 22.3 Å². The normalized spacial score (nSPS) is 20.9. The zero-order chi connectivity index (χ0) is 16.9. The molecule has 0 aliphatic carbocycles. The van der Waals surface area contributed by atoms with E-state index in [4.69, 9.17) is 15.1 Å². The Hall–Kier alpha value is -1.47. The highest BCUT2D eigenvalue weighted by atomic mass is 32.3. The summed E-state index contributed by atoms with van der Waals surface area (Å²) in [7, 11) is -4.81. The van der Waals surface area contributed by atoms with E-state index in [1.807, 2.05) is 0 Å². The molecule has 0 aromatic rings. The SMILES string of the molecule is CCN1C(=O)N(OS(=O)(=O)O)CC[C@H]1C(=O)NOC[C@@H](C)N. The number of hydrogen-bond acceptors (Lipinski definition) is 7.